The number of dihydropyridines is 1. The number of ketones is 1. The summed E-state index contributed by atoms with van der Waals surface area (Å²) in [6, 6.07) is 13.1. The van der Waals surface area contributed by atoms with Gasteiger partial charge in [-0.25, -0.2) is 4.79 Å². The van der Waals surface area contributed by atoms with E-state index in [9.17, 15) is 14.4 Å². The smallest absolute Gasteiger partial charge is 0.336 e. The fourth-order valence-electron chi connectivity index (χ4n) is 5.51. The summed E-state index contributed by atoms with van der Waals surface area (Å²) in [6.45, 7) is 3.92. The van der Waals surface area contributed by atoms with E-state index in [1.165, 1.54) is 13.4 Å². The average Bonchev–Trinajstić information content (AvgIpc) is 2.93. The number of allylic oxidation sites excluding steroid dienone is 3. The molecule has 2 atom stereocenters. The van der Waals surface area contributed by atoms with Crippen molar-refractivity contribution in [2.75, 3.05) is 27.4 Å². The molecule has 1 aliphatic carbocycles. The fourth-order valence-corrected chi connectivity index (χ4v) is 5.51. The Morgan fingerprint density at radius 3 is 2.64 bits per heavy atom. The maximum Gasteiger partial charge on any atom is 0.336 e. The lowest BCUT2D eigenvalue weighted by Gasteiger charge is -2.36. The lowest BCUT2D eigenvalue weighted by molar-refractivity contribution is -0.140. The Labute approximate surface area is 226 Å². The molecule has 202 valence electrons. The zero-order valence-corrected chi connectivity index (χ0v) is 22.5. The molecule has 0 amide bonds. The first-order valence-electron chi connectivity index (χ1n) is 12.9. The van der Waals surface area contributed by atoms with E-state index in [-0.39, 0.29) is 47.9 Å². The van der Waals surface area contributed by atoms with E-state index in [1.807, 2.05) is 37.3 Å². The second-order valence-corrected chi connectivity index (χ2v) is 9.94. The molecule has 2 aliphatic rings. The Kier molecular flexibility index (Phi) is 7.39. The molecule has 8 nitrogen and oxygen atoms in total. The summed E-state index contributed by atoms with van der Waals surface area (Å²) in [5.41, 5.74) is 4.12. The SMILES string of the molecule is COCCOC(=O)C1=C(C)NC2=C(C(=O)C[C@H](c3cccc(OC)c3)C2)[C@@H]1c1coc2ccc(C)cc2c1=O. The van der Waals surface area contributed by atoms with Crippen LogP contribution in [-0.4, -0.2) is 39.2 Å². The predicted molar refractivity (Wildman–Crippen MR) is 146 cm³/mol. The number of fused-ring (bicyclic) bond motifs is 1. The molecule has 0 saturated heterocycles. The average molecular weight is 530 g/mol. The molecule has 1 aliphatic heterocycles. The number of hydrogen-bond donors (Lipinski definition) is 1. The molecule has 2 heterocycles. The second-order valence-electron chi connectivity index (χ2n) is 9.94. The molecular formula is C31H31NO7. The van der Waals surface area contributed by atoms with Crippen molar-refractivity contribution in [1.29, 1.82) is 0 Å². The Morgan fingerprint density at radius 2 is 1.87 bits per heavy atom. The molecule has 1 aromatic heterocycles. The molecule has 0 fully saturated rings. The Hall–Kier alpha value is -4.17. The number of hydrogen-bond acceptors (Lipinski definition) is 8. The van der Waals surface area contributed by atoms with Crippen LogP contribution in [0.1, 0.15) is 48.3 Å². The van der Waals surface area contributed by atoms with Gasteiger partial charge in [0.1, 0.15) is 17.9 Å². The Balaban J connectivity index is 1.64. The number of carbonyl (C=O) groups excluding carboxylic acids is 2. The van der Waals surface area contributed by atoms with E-state index in [1.54, 1.807) is 26.2 Å². The van der Waals surface area contributed by atoms with Gasteiger partial charge in [0.05, 0.1) is 36.9 Å². The van der Waals surface area contributed by atoms with E-state index in [0.717, 1.165) is 16.9 Å². The molecular weight excluding hydrogens is 498 g/mol. The molecule has 5 rings (SSSR count). The summed E-state index contributed by atoms with van der Waals surface area (Å²) in [5.74, 6) is -1.04. The first kappa shape index (κ1) is 26.4. The normalized spacial score (nSPS) is 19.1. The van der Waals surface area contributed by atoms with Gasteiger partial charge in [0.25, 0.3) is 0 Å². The van der Waals surface area contributed by atoms with Crippen LogP contribution >= 0.6 is 0 Å². The topological polar surface area (TPSA) is 104 Å². The third-order valence-electron chi connectivity index (χ3n) is 7.40. The lowest BCUT2D eigenvalue weighted by atomic mass is 9.72. The number of carbonyl (C=O) groups is 2. The fraction of sp³-hybridized carbons (Fsp3) is 0.323. The number of Topliss-reactive ketones (excluding diaryl/α,β-unsaturated/α-hetero) is 1. The minimum Gasteiger partial charge on any atom is -0.497 e. The standard InChI is InChI=1S/C31H31NO7/c1-17-8-9-26-22(12-17)30(34)23(16-39-26)28-27(31(35)38-11-10-36-3)18(2)32-24-14-20(15-25(33)29(24)28)19-6-5-7-21(13-19)37-4/h5-9,12-13,16,20,28,32H,10-11,14-15H2,1-4H3/t20-,28-/m1/s1. The third-order valence-corrected chi connectivity index (χ3v) is 7.40. The van der Waals surface area contributed by atoms with Gasteiger partial charge in [-0.3, -0.25) is 9.59 Å². The van der Waals surface area contributed by atoms with Crippen LogP contribution in [0, 0.1) is 6.92 Å². The molecule has 3 aromatic rings. The van der Waals surface area contributed by atoms with Gasteiger partial charge in [-0.1, -0.05) is 23.8 Å². The first-order chi connectivity index (χ1) is 18.8. The van der Waals surface area contributed by atoms with Crippen molar-refractivity contribution in [3.63, 3.8) is 0 Å². The molecule has 0 saturated carbocycles. The monoisotopic (exact) mass is 529 g/mol. The maximum atomic E-state index is 13.9. The van der Waals surface area contributed by atoms with Crippen LogP contribution < -0.4 is 15.5 Å². The van der Waals surface area contributed by atoms with Crippen molar-refractivity contribution >= 4 is 22.7 Å². The highest BCUT2D eigenvalue weighted by Crippen LogP contribution is 2.45. The summed E-state index contributed by atoms with van der Waals surface area (Å²) in [5, 5.41) is 3.70. The minimum atomic E-state index is -0.920. The Morgan fingerprint density at radius 1 is 1.05 bits per heavy atom. The highest BCUT2D eigenvalue weighted by molar-refractivity contribution is 6.04. The molecule has 1 N–H and O–H groups in total. The molecule has 0 radical (unpaired) electrons. The van der Waals surface area contributed by atoms with Crippen molar-refractivity contribution in [2.45, 2.75) is 38.5 Å². The van der Waals surface area contributed by atoms with Crippen LogP contribution in [0.2, 0.25) is 0 Å². The van der Waals surface area contributed by atoms with Crippen molar-refractivity contribution in [1.82, 2.24) is 5.32 Å². The second kappa shape index (κ2) is 10.9. The molecule has 39 heavy (non-hydrogen) atoms. The van der Waals surface area contributed by atoms with Gasteiger partial charge in [-0.15, -0.1) is 0 Å². The van der Waals surface area contributed by atoms with E-state index < -0.39 is 11.9 Å². The highest BCUT2D eigenvalue weighted by Gasteiger charge is 2.42. The summed E-state index contributed by atoms with van der Waals surface area (Å²) < 4.78 is 21.7. The van der Waals surface area contributed by atoms with E-state index >= 15 is 0 Å². The number of rotatable bonds is 7. The van der Waals surface area contributed by atoms with Crippen LogP contribution in [0.4, 0.5) is 0 Å². The third kappa shape index (κ3) is 5.00. The number of benzene rings is 2. The Bertz CT molecular complexity index is 1580. The molecule has 2 aromatic carbocycles. The van der Waals surface area contributed by atoms with E-state index in [2.05, 4.69) is 5.32 Å². The number of nitrogens with one attached hydrogen (secondary N) is 1. The van der Waals surface area contributed by atoms with Gasteiger partial charge in [0.2, 0.25) is 0 Å². The number of esters is 1. The summed E-state index contributed by atoms with van der Waals surface area (Å²) in [6.07, 6.45) is 2.14. The minimum absolute atomic E-state index is 0.0438. The van der Waals surface area contributed by atoms with Gasteiger partial charge >= 0.3 is 5.97 Å². The van der Waals surface area contributed by atoms with Crippen molar-refractivity contribution in [3.8, 4) is 5.75 Å². The molecule has 0 spiro atoms. The zero-order valence-electron chi connectivity index (χ0n) is 22.5. The van der Waals surface area contributed by atoms with Crippen molar-refractivity contribution < 1.29 is 28.2 Å². The number of methoxy groups -OCH3 is 2. The van der Waals surface area contributed by atoms with Crippen LogP contribution in [0.25, 0.3) is 11.0 Å². The highest BCUT2D eigenvalue weighted by atomic mass is 16.6. The van der Waals surface area contributed by atoms with Gasteiger partial charge in [0.15, 0.2) is 11.2 Å². The van der Waals surface area contributed by atoms with Gasteiger partial charge in [-0.2, -0.15) is 0 Å². The lowest BCUT2D eigenvalue weighted by Crippen LogP contribution is -2.37. The molecule has 8 heteroatoms. The molecule has 0 bridgehead atoms. The van der Waals surface area contributed by atoms with Crippen LogP contribution in [0.3, 0.4) is 0 Å². The molecule has 0 unspecified atom stereocenters. The van der Waals surface area contributed by atoms with Gasteiger partial charge in [-0.05, 0) is 56.0 Å². The van der Waals surface area contributed by atoms with E-state index in [0.29, 0.717) is 34.4 Å². The van der Waals surface area contributed by atoms with Crippen LogP contribution in [0.5, 0.6) is 5.75 Å². The van der Waals surface area contributed by atoms with Gasteiger partial charge in [0, 0.05) is 36.1 Å². The van der Waals surface area contributed by atoms with E-state index in [4.69, 9.17) is 18.6 Å². The first-order valence-corrected chi connectivity index (χ1v) is 12.9. The van der Waals surface area contributed by atoms with Crippen LogP contribution in [0.15, 0.2) is 80.5 Å². The van der Waals surface area contributed by atoms with Crippen molar-refractivity contribution in [2.24, 2.45) is 0 Å². The van der Waals surface area contributed by atoms with Gasteiger partial charge < -0.3 is 23.9 Å². The maximum absolute atomic E-state index is 13.9. The quantitative estimate of drug-likeness (QED) is 0.348. The zero-order chi connectivity index (χ0) is 27.7. The largest absolute Gasteiger partial charge is 0.497 e. The predicted octanol–water partition coefficient (Wildman–Crippen LogP) is 4.66. The van der Waals surface area contributed by atoms with Crippen molar-refractivity contribution in [3.05, 3.63) is 98.2 Å². The summed E-state index contributed by atoms with van der Waals surface area (Å²) >= 11 is 0. The summed E-state index contributed by atoms with van der Waals surface area (Å²) in [4.78, 5) is 41.1. The number of ether oxygens (including phenoxy) is 3. The number of aryl methyl sites for hydroxylation is 1. The van der Waals surface area contributed by atoms with Crippen LogP contribution in [-0.2, 0) is 19.1 Å². The summed E-state index contributed by atoms with van der Waals surface area (Å²) in [7, 11) is 3.12.